The predicted molar refractivity (Wildman–Crippen MR) is 110 cm³/mol. The van der Waals surface area contributed by atoms with Crippen molar-refractivity contribution in [3.05, 3.63) is 35.9 Å². The van der Waals surface area contributed by atoms with Crippen molar-refractivity contribution in [2.75, 3.05) is 26.2 Å². The normalized spacial score (nSPS) is 26.9. The summed E-state index contributed by atoms with van der Waals surface area (Å²) in [7, 11) is 0. The van der Waals surface area contributed by atoms with Crippen LogP contribution in [0.15, 0.2) is 30.3 Å². The highest BCUT2D eigenvalue weighted by molar-refractivity contribution is 5.91. The molecule has 0 bridgehead atoms. The smallest absolute Gasteiger partial charge is 0.233 e. The Morgan fingerprint density at radius 3 is 2.45 bits per heavy atom. The highest BCUT2D eigenvalue weighted by atomic mass is 16.2. The van der Waals surface area contributed by atoms with E-state index in [0.29, 0.717) is 26.2 Å². The summed E-state index contributed by atoms with van der Waals surface area (Å²) < 4.78 is 0. The van der Waals surface area contributed by atoms with Gasteiger partial charge in [0, 0.05) is 39.1 Å². The molecule has 6 nitrogen and oxygen atoms in total. The van der Waals surface area contributed by atoms with E-state index in [2.05, 4.69) is 5.32 Å². The molecule has 1 heterocycles. The molecule has 0 aromatic heterocycles. The SMILES string of the molecule is CC(=O)N1CCN(C(=O)C2(c3ccccc3)CC2)CCNC(=O)C2CCCCC21. The molecule has 4 rings (SSSR count). The molecule has 6 heteroatoms. The van der Waals surface area contributed by atoms with E-state index in [4.69, 9.17) is 0 Å². The van der Waals surface area contributed by atoms with Crippen molar-refractivity contribution in [1.82, 2.24) is 15.1 Å². The maximum absolute atomic E-state index is 13.5. The van der Waals surface area contributed by atoms with E-state index in [-0.39, 0.29) is 29.7 Å². The highest BCUT2D eigenvalue weighted by Gasteiger charge is 2.53. The van der Waals surface area contributed by atoms with Gasteiger partial charge in [-0.15, -0.1) is 0 Å². The minimum absolute atomic E-state index is 0.00753. The van der Waals surface area contributed by atoms with Crippen LogP contribution in [-0.4, -0.2) is 59.7 Å². The molecular formula is C23H31N3O3. The van der Waals surface area contributed by atoms with Crippen LogP contribution in [0.3, 0.4) is 0 Å². The number of carbonyl (C=O) groups is 3. The number of hydrogen-bond acceptors (Lipinski definition) is 3. The summed E-state index contributed by atoms with van der Waals surface area (Å²) in [4.78, 5) is 42.4. The Morgan fingerprint density at radius 1 is 1.03 bits per heavy atom. The van der Waals surface area contributed by atoms with Crippen molar-refractivity contribution < 1.29 is 14.4 Å². The Labute approximate surface area is 172 Å². The molecule has 0 spiro atoms. The molecule has 2 atom stereocenters. The summed E-state index contributed by atoms with van der Waals surface area (Å²) in [5, 5.41) is 3.04. The molecule has 2 saturated carbocycles. The van der Waals surface area contributed by atoms with Crippen LogP contribution < -0.4 is 5.32 Å². The van der Waals surface area contributed by atoms with Gasteiger partial charge in [-0.25, -0.2) is 0 Å². The number of fused-ring (bicyclic) bond motifs is 1. The molecule has 3 fully saturated rings. The van der Waals surface area contributed by atoms with Gasteiger partial charge in [-0.3, -0.25) is 14.4 Å². The van der Waals surface area contributed by atoms with Crippen molar-refractivity contribution in [3.63, 3.8) is 0 Å². The van der Waals surface area contributed by atoms with Crippen molar-refractivity contribution >= 4 is 17.7 Å². The first-order chi connectivity index (χ1) is 14.0. The van der Waals surface area contributed by atoms with Crippen LogP contribution in [0.25, 0.3) is 0 Å². The second-order valence-corrected chi connectivity index (χ2v) is 8.70. The Bertz CT molecular complexity index is 775. The molecule has 2 aliphatic carbocycles. The Hall–Kier alpha value is -2.37. The number of nitrogens with zero attached hydrogens (tertiary/aromatic N) is 2. The lowest BCUT2D eigenvalue weighted by Crippen LogP contribution is -2.55. The lowest BCUT2D eigenvalue weighted by molar-refractivity contribution is -0.141. The third kappa shape index (κ3) is 3.89. The molecule has 3 aliphatic rings. The molecule has 1 N–H and O–H groups in total. The van der Waals surface area contributed by atoms with Crippen LogP contribution in [0, 0.1) is 5.92 Å². The van der Waals surface area contributed by atoms with E-state index in [1.54, 1.807) is 6.92 Å². The van der Waals surface area contributed by atoms with Crippen LogP contribution in [0.1, 0.15) is 51.0 Å². The van der Waals surface area contributed by atoms with Crippen molar-refractivity contribution in [1.29, 1.82) is 0 Å². The van der Waals surface area contributed by atoms with Crippen LogP contribution in [0.5, 0.6) is 0 Å². The van der Waals surface area contributed by atoms with Crippen molar-refractivity contribution in [2.24, 2.45) is 5.92 Å². The van der Waals surface area contributed by atoms with Gasteiger partial charge in [0.25, 0.3) is 0 Å². The summed E-state index contributed by atoms with van der Waals surface area (Å²) >= 11 is 0. The van der Waals surface area contributed by atoms with Gasteiger partial charge in [-0.2, -0.15) is 0 Å². The van der Waals surface area contributed by atoms with E-state index in [9.17, 15) is 14.4 Å². The molecule has 1 aromatic carbocycles. The first-order valence-corrected chi connectivity index (χ1v) is 10.9. The van der Waals surface area contributed by atoms with E-state index in [0.717, 1.165) is 44.1 Å². The second kappa shape index (κ2) is 8.17. The Morgan fingerprint density at radius 2 is 1.76 bits per heavy atom. The average Bonchev–Trinajstić information content (AvgIpc) is 3.55. The van der Waals surface area contributed by atoms with Gasteiger partial charge in [-0.05, 0) is 31.2 Å². The number of benzene rings is 1. The maximum atomic E-state index is 13.5. The summed E-state index contributed by atoms with van der Waals surface area (Å²) in [6.07, 6.45) is 5.49. The Balaban J connectivity index is 1.55. The molecule has 2 unspecified atom stereocenters. The number of hydrogen-bond donors (Lipinski definition) is 1. The summed E-state index contributed by atoms with van der Waals surface area (Å²) in [6, 6.07) is 9.93. The first-order valence-electron chi connectivity index (χ1n) is 10.9. The average molecular weight is 398 g/mol. The van der Waals surface area contributed by atoms with E-state index in [1.807, 2.05) is 40.1 Å². The molecule has 3 amide bonds. The molecule has 0 radical (unpaired) electrons. The number of rotatable bonds is 2. The fourth-order valence-corrected chi connectivity index (χ4v) is 5.15. The lowest BCUT2D eigenvalue weighted by atomic mass is 9.82. The van der Waals surface area contributed by atoms with Gasteiger partial charge in [-0.1, -0.05) is 43.2 Å². The maximum Gasteiger partial charge on any atom is 0.233 e. The zero-order valence-corrected chi connectivity index (χ0v) is 17.2. The molecular weight excluding hydrogens is 366 g/mol. The van der Waals surface area contributed by atoms with Gasteiger partial charge in [0.05, 0.1) is 11.3 Å². The predicted octanol–water partition coefficient (Wildman–Crippen LogP) is 2.08. The monoisotopic (exact) mass is 397 g/mol. The molecule has 156 valence electrons. The zero-order valence-electron chi connectivity index (χ0n) is 17.2. The van der Waals surface area contributed by atoms with Crippen LogP contribution in [-0.2, 0) is 19.8 Å². The number of carbonyl (C=O) groups excluding carboxylic acids is 3. The van der Waals surface area contributed by atoms with Crippen molar-refractivity contribution in [3.8, 4) is 0 Å². The van der Waals surface area contributed by atoms with Crippen molar-refractivity contribution in [2.45, 2.75) is 56.9 Å². The topological polar surface area (TPSA) is 69.7 Å². The standard InChI is InChI=1S/C23H31N3O3/c1-17(27)26-16-15-25(14-13-24-21(28)19-9-5-6-10-20(19)26)22(29)23(11-12-23)18-7-3-2-4-8-18/h2-4,7-8,19-20H,5-6,9-16H2,1H3,(H,24,28). The third-order valence-corrected chi connectivity index (χ3v) is 6.94. The lowest BCUT2D eigenvalue weighted by Gasteiger charge is -2.41. The summed E-state index contributed by atoms with van der Waals surface area (Å²) in [5.74, 6) is 0.0162. The second-order valence-electron chi connectivity index (χ2n) is 8.70. The van der Waals surface area contributed by atoms with E-state index >= 15 is 0 Å². The summed E-state index contributed by atoms with van der Waals surface area (Å²) in [6.45, 7) is 3.56. The third-order valence-electron chi connectivity index (χ3n) is 6.94. The largest absolute Gasteiger partial charge is 0.354 e. The molecule has 1 aromatic rings. The highest BCUT2D eigenvalue weighted by Crippen LogP contribution is 2.49. The molecule has 1 saturated heterocycles. The number of amides is 3. The zero-order chi connectivity index (χ0) is 20.4. The number of nitrogens with one attached hydrogen (secondary N) is 1. The quantitative estimate of drug-likeness (QED) is 0.831. The van der Waals surface area contributed by atoms with Gasteiger partial charge in [0.15, 0.2) is 0 Å². The minimum Gasteiger partial charge on any atom is -0.354 e. The van der Waals surface area contributed by atoms with Crippen LogP contribution >= 0.6 is 0 Å². The molecule has 29 heavy (non-hydrogen) atoms. The van der Waals surface area contributed by atoms with Gasteiger partial charge in [0.1, 0.15) is 0 Å². The minimum atomic E-state index is -0.427. The first kappa shape index (κ1) is 19.9. The molecule has 1 aliphatic heterocycles. The van der Waals surface area contributed by atoms with Gasteiger partial charge < -0.3 is 15.1 Å². The van der Waals surface area contributed by atoms with E-state index in [1.165, 1.54) is 0 Å². The fourth-order valence-electron chi connectivity index (χ4n) is 5.15. The van der Waals surface area contributed by atoms with E-state index < -0.39 is 5.41 Å². The van der Waals surface area contributed by atoms with Gasteiger partial charge >= 0.3 is 0 Å². The van der Waals surface area contributed by atoms with Crippen LogP contribution in [0.4, 0.5) is 0 Å². The summed E-state index contributed by atoms with van der Waals surface area (Å²) in [5.41, 5.74) is 0.644. The fraction of sp³-hybridized carbons (Fsp3) is 0.609. The van der Waals surface area contributed by atoms with Crippen LogP contribution in [0.2, 0.25) is 0 Å². The van der Waals surface area contributed by atoms with Gasteiger partial charge in [0.2, 0.25) is 17.7 Å². The Kier molecular flexibility index (Phi) is 5.61.